The standard InChI is InChI=1S/C5H2F3N3S/c6-5(7,8)3-2(1-9)4(10)12-11-3/h10H2. The molecule has 0 spiro atoms. The Kier molecular flexibility index (Phi) is 1.94. The molecule has 64 valence electrons. The molecular formula is C5H2F3N3S. The maximum atomic E-state index is 12.0. The Morgan fingerprint density at radius 2 is 2.08 bits per heavy atom. The van der Waals surface area contributed by atoms with E-state index in [1.54, 1.807) is 0 Å². The Balaban J connectivity index is 3.28. The molecule has 3 nitrogen and oxygen atoms in total. The number of nitriles is 1. The third kappa shape index (κ3) is 1.33. The van der Waals surface area contributed by atoms with Crippen molar-refractivity contribution in [1.82, 2.24) is 4.37 Å². The van der Waals surface area contributed by atoms with E-state index in [1.807, 2.05) is 0 Å². The minimum Gasteiger partial charge on any atom is -0.388 e. The quantitative estimate of drug-likeness (QED) is 0.680. The van der Waals surface area contributed by atoms with Crippen LogP contribution in [0.2, 0.25) is 0 Å². The summed E-state index contributed by atoms with van der Waals surface area (Å²) in [7, 11) is 0. The number of hydrogen-bond donors (Lipinski definition) is 1. The van der Waals surface area contributed by atoms with Crippen LogP contribution in [0.1, 0.15) is 11.3 Å². The van der Waals surface area contributed by atoms with Gasteiger partial charge in [-0.1, -0.05) is 0 Å². The highest BCUT2D eigenvalue weighted by atomic mass is 32.1. The van der Waals surface area contributed by atoms with Crippen LogP contribution in [-0.4, -0.2) is 4.37 Å². The maximum Gasteiger partial charge on any atom is 0.435 e. The topological polar surface area (TPSA) is 62.7 Å². The molecule has 0 amide bonds. The Bertz CT molecular complexity index is 335. The van der Waals surface area contributed by atoms with Crippen LogP contribution in [-0.2, 0) is 6.18 Å². The molecular weight excluding hydrogens is 191 g/mol. The predicted octanol–water partition coefficient (Wildman–Crippen LogP) is 1.62. The fourth-order valence-electron chi connectivity index (χ4n) is 0.604. The van der Waals surface area contributed by atoms with Gasteiger partial charge in [0.25, 0.3) is 0 Å². The molecule has 0 aromatic carbocycles. The number of nitrogens with zero attached hydrogens (tertiary/aromatic N) is 2. The number of hydrogen-bond acceptors (Lipinski definition) is 4. The lowest BCUT2D eigenvalue weighted by molar-refractivity contribution is -0.140. The number of rotatable bonds is 0. The lowest BCUT2D eigenvalue weighted by Gasteiger charge is -2.00. The van der Waals surface area contributed by atoms with Gasteiger partial charge < -0.3 is 5.73 Å². The van der Waals surface area contributed by atoms with E-state index < -0.39 is 17.4 Å². The monoisotopic (exact) mass is 193 g/mol. The molecule has 12 heavy (non-hydrogen) atoms. The second-order valence-corrected chi connectivity index (χ2v) is 2.68. The van der Waals surface area contributed by atoms with Gasteiger partial charge in [0.15, 0.2) is 5.69 Å². The molecule has 0 saturated heterocycles. The molecule has 0 atom stereocenters. The van der Waals surface area contributed by atoms with Gasteiger partial charge in [0.2, 0.25) is 0 Å². The lowest BCUT2D eigenvalue weighted by atomic mass is 10.2. The first-order chi connectivity index (χ1) is 5.46. The van der Waals surface area contributed by atoms with Gasteiger partial charge in [0.05, 0.1) is 0 Å². The van der Waals surface area contributed by atoms with E-state index in [1.165, 1.54) is 6.07 Å². The lowest BCUT2D eigenvalue weighted by Crippen LogP contribution is -2.07. The fraction of sp³-hybridized carbons (Fsp3) is 0.200. The third-order valence-corrected chi connectivity index (χ3v) is 1.77. The molecule has 2 N–H and O–H groups in total. The molecule has 0 bridgehead atoms. The summed E-state index contributed by atoms with van der Waals surface area (Å²) in [6, 6.07) is 1.35. The molecule has 1 heterocycles. The minimum atomic E-state index is -4.60. The first-order valence-corrected chi connectivity index (χ1v) is 3.46. The fourth-order valence-corrected chi connectivity index (χ4v) is 1.22. The van der Waals surface area contributed by atoms with Crippen molar-refractivity contribution >= 4 is 16.5 Å². The molecule has 0 aliphatic heterocycles. The molecule has 0 saturated carbocycles. The number of halogens is 3. The number of alkyl halides is 3. The largest absolute Gasteiger partial charge is 0.435 e. The van der Waals surface area contributed by atoms with Crippen molar-refractivity contribution in [3.05, 3.63) is 11.3 Å². The van der Waals surface area contributed by atoms with Gasteiger partial charge in [-0.3, -0.25) is 0 Å². The Morgan fingerprint density at radius 1 is 1.50 bits per heavy atom. The van der Waals surface area contributed by atoms with Gasteiger partial charge in [0, 0.05) is 0 Å². The van der Waals surface area contributed by atoms with Crippen molar-refractivity contribution in [1.29, 1.82) is 5.26 Å². The van der Waals surface area contributed by atoms with E-state index in [0.717, 1.165) is 0 Å². The highest BCUT2D eigenvalue weighted by molar-refractivity contribution is 7.10. The van der Waals surface area contributed by atoms with Crippen molar-refractivity contribution in [2.75, 3.05) is 5.73 Å². The molecule has 0 fully saturated rings. The van der Waals surface area contributed by atoms with E-state index in [-0.39, 0.29) is 5.00 Å². The van der Waals surface area contributed by atoms with Crippen molar-refractivity contribution in [3.63, 3.8) is 0 Å². The summed E-state index contributed by atoms with van der Waals surface area (Å²) in [6.07, 6.45) is -4.60. The summed E-state index contributed by atoms with van der Waals surface area (Å²) in [4.78, 5) is 0. The van der Waals surface area contributed by atoms with Crippen LogP contribution in [0.3, 0.4) is 0 Å². The van der Waals surface area contributed by atoms with Crippen LogP contribution in [0, 0.1) is 11.3 Å². The smallest absolute Gasteiger partial charge is 0.388 e. The highest BCUT2D eigenvalue weighted by Crippen LogP contribution is 2.34. The van der Waals surface area contributed by atoms with Crippen LogP contribution >= 0.6 is 11.5 Å². The van der Waals surface area contributed by atoms with Crippen molar-refractivity contribution in [2.24, 2.45) is 0 Å². The normalized spacial score (nSPS) is 11.2. The molecule has 0 radical (unpaired) electrons. The second-order valence-electron chi connectivity index (χ2n) is 1.88. The summed E-state index contributed by atoms with van der Waals surface area (Å²) in [5.74, 6) is 0. The predicted molar refractivity (Wildman–Crippen MR) is 36.2 cm³/mol. The third-order valence-electron chi connectivity index (χ3n) is 1.10. The van der Waals surface area contributed by atoms with Crippen molar-refractivity contribution in [2.45, 2.75) is 6.18 Å². The first-order valence-electron chi connectivity index (χ1n) is 2.69. The van der Waals surface area contributed by atoms with Crippen LogP contribution in [0.5, 0.6) is 0 Å². The molecule has 7 heteroatoms. The highest BCUT2D eigenvalue weighted by Gasteiger charge is 2.37. The summed E-state index contributed by atoms with van der Waals surface area (Å²) in [5.41, 5.74) is 3.29. The number of aromatic nitrogens is 1. The number of anilines is 1. The van der Waals surface area contributed by atoms with E-state index >= 15 is 0 Å². The molecule has 0 aliphatic carbocycles. The molecule has 1 aromatic heterocycles. The van der Waals surface area contributed by atoms with Crippen molar-refractivity contribution in [3.8, 4) is 6.07 Å². The average molecular weight is 193 g/mol. The SMILES string of the molecule is N#Cc1c(C(F)(F)F)nsc1N. The number of nitrogens with two attached hydrogens (primary N) is 1. The molecule has 0 aliphatic rings. The zero-order chi connectivity index (χ0) is 9.35. The Labute approximate surface area is 69.4 Å². The van der Waals surface area contributed by atoms with Crippen LogP contribution in [0.15, 0.2) is 0 Å². The van der Waals surface area contributed by atoms with E-state index in [9.17, 15) is 13.2 Å². The first kappa shape index (κ1) is 8.80. The van der Waals surface area contributed by atoms with Gasteiger partial charge in [0.1, 0.15) is 16.6 Å². The maximum absolute atomic E-state index is 12.0. The van der Waals surface area contributed by atoms with E-state index in [4.69, 9.17) is 11.0 Å². The van der Waals surface area contributed by atoms with Gasteiger partial charge >= 0.3 is 6.18 Å². The summed E-state index contributed by atoms with van der Waals surface area (Å²) in [5, 5.41) is 8.08. The minimum absolute atomic E-state index is 0.204. The Morgan fingerprint density at radius 3 is 2.42 bits per heavy atom. The zero-order valence-corrected chi connectivity index (χ0v) is 6.33. The number of nitrogen functional groups attached to an aromatic ring is 1. The van der Waals surface area contributed by atoms with Crippen molar-refractivity contribution < 1.29 is 13.2 Å². The summed E-state index contributed by atoms with van der Waals surface area (Å²) < 4.78 is 39.0. The van der Waals surface area contributed by atoms with Gasteiger partial charge in [-0.2, -0.15) is 22.8 Å². The van der Waals surface area contributed by atoms with E-state index in [0.29, 0.717) is 11.5 Å². The van der Waals surface area contributed by atoms with Gasteiger partial charge in [-0.05, 0) is 11.5 Å². The van der Waals surface area contributed by atoms with Crippen LogP contribution < -0.4 is 5.73 Å². The van der Waals surface area contributed by atoms with Crippen LogP contribution in [0.25, 0.3) is 0 Å². The molecule has 0 unspecified atom stereocenters. The Hall–Kier alpha value is -1.29. The summed E-state index contributed by atoms with van der Waals surface area (Å²) in [6.45, 7) is 0. The van der Waals surface area contributed by atoms with Gasteiger partial charge in [-0.25, -0.2) is 0 Å². The average Bonchev–Trinajstić information content (AvgIpc) is 2.29. The summed E-state index contributed by atoms with van der Waals surface area (Å²) >= 11 is 0.468. The van der Waals surface area contributed by atoms with E-state index in [2.05, 4.69) is 4.37 Å². The van der Waals surface area contributed by atoms with Crippen LogP contribution in [0.4, 0.5) is 18.2 Å². The second kappa shape index (κ2) is 2.64. The molecule has 1 aromatic rings. The zero-order valence-electron chi connectivity index (χ0n) is 5.51. The molecule has 1 rings (SSSR count). The van der Waals surface area contributed by atoms with Gasteiger partial charge in [-0.15, -0.1) is 0 Å².